The summed E-state index contributed by atoms with van der Waals surface area (Å²) in [7, 11) is 0. The van der Waals surface area contributed by atoms with Crippen molar-refractivity contribution in [3.05, 3.63) is 88.4 Å². The summed E-state index contributed by atoms with van der Waals surface area (Å²) in [5.41, 5.74) is 10.7. The first-order valence-electron chi connectivity index (χ1n) is 17.0. The monoisotopic (exact) mass is 666 g/mol. The van der Waals surface area contributed by atoms with Gasteiger partial charge in [-0.25, -0.2) is 4.99 Å². The molecule has 0 unspecified atom stereocenters. The van der Waals surface area contributed by atoms with E-state index in [0.717, 1.165) is 67.4 Å². The minimum absolute atomic E-state index is 0.0297. The molecule has 10 heteroatoms. The van der Waals surface area contributed by atoms with E-state index in [1.165, 1.54) is 0 Å². The molecule has 6 rings (SSSR count). The Morgan fingerprint density at radius 2 is 1.67 bits per heavy atom. The number of halogens is 1. The summed E-state index contributed by atoms with van der Waals surface area (Å²) in [6.07, 6.45) is 5.72. The molecule has 3 aliphatic rings. The van der Waals surface area contributed by atoms with Crippen LogP contribution in [0.1, 0.15) is 66.4 Å². The number of amidine groups is 1. The van der Waals surface area contributed by atoms with Gasteiger partial charge in [0.25, 0.3) is 0 Å². The Hall–Kier alpha value is -4.05. The number of carbonyl (C=O) groups is 3. The van der Waals surface area contributed by atoms with Crippen LogP contribution in [0.3, 0.4) is 0 Å². The number of anilines is 1. The fourth-order valence-electron chi connectivity index (χ4n) is 7.01. The van der Waals surface area contributed by atoms with Gasteiger partial charge in [-0.3, -0.25) is 14.4 Å². The highest BCUT2D eigenvalue weighted by Gasteiger charge is 2.30. The first-order chi connectivity index (χ1) is 23.4. The van der Waals surface area contributed by atoms with E-state index < -0.39 is 5.92 Å². The van der Waals surface area contributed by atoms with E-state index in [9.17, 15) is 14.4 Å². The van der Waals surface area contributed by atoms with E-state index >= 15 is 0 Å². The molecule has 0 spiro atoms. The molecule has 0 radical (unpaired) electrons. The number of azo groups is 1. The Bertz CT molecular complexity index is 1670. The highest BCUT2D eigenvalue weighted by molar-refractivity contribution is 6.33. The lowest BCUT2D eigenvalue weighted by atomic mass is 9.77. The molecule has 1 amide bonds. The standard InChI is InChI=1S/C38H43ClN6O3/c39-34-19-30(35(46)18-26-15-16-41-22-26)11-14-33(34)27-5-1-24(2-6-27)17-31(20-36(47)28-7-3-25(21-40)4-8-28)38(48)44-32-12-9-29(10-13-32)37-42-23-43-45-37/h1-2,5-6,9-14,19,25-26,28,31,41H,3-4,7-8,15-18,20-23,40H2,(H,44,48)/t25?,26-,28?,31-/m1/s1. The maximum absolute atomic E-state index is 13.7. The van der Waals surface area contributed by atoms with E-state index in [-0.39, 0.29) is 29.8 Å². The second-order valence-corrected chi connectivity index (χ2v) is 13.7. The number of carbonyl (C=O) groups excluding carboxylic acids is 3. The van der Waals surface area contributed by atoms with Crippen molar-refractivity contribution in [3.63, 3.8) is 0 Å². The normalized spacial score (nSPS) is 21.1. The van der Waals surface area contributed by atoms with Crippen LogP contribution in [0.25, 0.3) is 11.1 Å². The van der Waals surface area contributed by atoms with Gasteiger partial charge in [-0.15, -0.1) is 5.11 Å². The summed E-state index contributed by atoms with van der Waals surface area (Å²) < 4.78 is 0. The lowest BCUT2D eigenvalue weighted by molar-refractivity contribution is -0.129. The van der Waals surface area contributed by atoms with Crippen molar-refractivity contribution < 1.29 is 14.4 Å². The van der Waals surface area contributed by atoms with E-state index in [4.69, 9.17) is 17.3 Å². The minimum Gasteiger partial charge on any atom is -0.330 e. The summed E-state index contributed by atoms with van der Waals surface area (Å²) in [6.45, 7) is 2.83. The molecule has 3 aromatic carbocycles. The van der Waals surface area contributed by atoms with Crippen LogP contribution in [-0.4, -0.2) is 49.6 Å². The van der Waals surface area contributed by atoms with Gasteiger partial charge in [0.1, 0.15) is 5.78 Å². The van der Waals surface area contributed by atoms with Crippen LogP contribution in [0.15, 0.2) is 82.0 Å². The Morgan fingerprint density at radius 3 is 2.31 bits per heavy atom. The number of Topliss-reactive ketones (excluding diaryl/α,β-unsaturated/α-hetero) is 2. The first-order valence-corrected chi connectivity index (χ1v) is 17.4. The van der Waals surface area contributed by atoms with Gasteiger partial charge in [0.05, 0.1) is 0 Å². The van der Waals surface area contributed by atoms with Gasteiger partial charge in [0, 0.05) is 52.1 Å². The van der Waals surface area contributed by atoms with Crippen molar-refractivity contribution in [2.75, 3.05) is 31.6 Å². The number of nitrogens with two attached hydrogens (primary N) is 1. The van der Waals surface area contributed by atoms with Crippen LogP contribution in [-0.2, 0) is 16.0 Å². The zero-order valence-electron chi connectivity index (χ0n) is 27.2. The average molecular weight is 667 g/mol. The van der Waals surface area contributed by atoms with E-state index in [1.54, 1.807) is 6.07 Å². The summed E-state index contributed by atoms with van der Waals surface area (Å²) in [5, 5.41) is 14.8. The minimum atomic E-state index is -0.535. The molecule has 1 aliphatic carbocycles. The lowest BCUT2D eigenvalue weighted by Crippen LogP contribution is -2.31. The molecule has 1 saturated carbocycles. The molecular weight excluding hydrogens is 624 g/mol. The molecular formula is C38H43ClN6O3. The smallest absolute Gasteiger partial charge is 0.228 e. The van der Waals surface area contributed by atoms with Crippen molar-refractivity contribution in [3.8, 4) is 11.1 Å². The van der Waals surface area contributed by atoms with Crippen molar-refractivity contribution in [2.45, 2.75) is 51.4 Å². The number of ketones is 2. The van der Waals surface area contributed by atoms with E-state index in [0.29, 0.717) is 60.0 Å². The predicted molar refractivity (Wildman–Crippen MR) is 189 cm³/mol. The first kappa shape index (κ1) is 33.8. The van der Waals surface area contributed by atoms with Crippen LogP contribution >= 0.6 is 11.6 Å². The quantitative estimate of drug-likeness (QED) is 0.171. The SMILES string of the molecule is NCC1CCC(C(=O)C[C@@H](Cc2ccc(-c3ccc(C(=O)C[C@H]4CCNC4)cc3Cl)cc2)C(=O)Nc2ccc(C3=NCN=N3)cc2)CC1. The molecule has 2 fully saturated rings. The fraction of sp³-hybridized carbons (Fsp3) is 0.421. The zero-order chi connectivity index (χ0) is 33.5. The maximum Gasteiger partial charge on any atom is 0.228 e. The van der Waals surface area contributed by atoms with Crippen molar-refractivity contribution in [2.24, 2.45) is 44.6 Å². The van der Waals surface area contributed by atoms with Crippen LogP contribution in [0.5, 0.6) is 0 Å². The molecule has 4 N–H and O–H groups in total. The van der Waals surface area contributed by atoms with Gasteiger partial charge in [-0.1, -0.05) is 48.0 Å². The van der Waals surface area contributed by atoms with Gasteiger partial charge >= 0.3 is 0 Å². The molecule has 9 nitrogen and oxygen atoms in total. The third kappa shape index (κ3) is 8.50. The van der Waals surface area contributed by atoms with Crippen molar-refractivity contribution in [1.82, 2.24) is 5.32 Å². The molecule has 3 aromatic rings. The number of aliphatic imine (C=N–C) groups is 1. The largest absolute Gasteiger partial charge is 0.330 e. The average Bonchev–Trinajstić information content (AvgIpc) is 3.84. The van der Waals surface area contributed by atoms with Gasteiger partial charge in [0.15, 0.2) is 18.3 Å². The van der Waals surface area contributed by atoms with Crippen LogP contribution in [0.2, 0.25) is 5.02 Å². The number of nitrogens with one attached hydrogen (secondary N) is 2. The summed E-state index contributed by atoms with van der Waals surface area (Å²) in [6, 6.07) is 20.8. The lowest BCUT2D eigenvalue weighted by Gasteiger charge is -2.27. The van der Waals surface area contributed by atoms with Crippen LogP contribution in [0, 0.1) is 23.7 Å². The van der Waals surface area contributed by atoms with Gasteiger partial charge in [-0.05, 0) is 111 Å². The van der Waals surface area contributed by atoms with Crippen molar-refractivity contribution >= 4 is 40.6 Å². The fourth-order valence-corrected chi connectivity index (χ4v) is 7.30. The predicted octanol–water partition coefficient (Wildman–Crippen LogP) is 6.88. The number of nitrogens with zero attached hydrogens (tertiary/aromatic N) is 3. The Balaban J connectivity index is 1.14. The van der Waals surface area contributed by atoms with Crippen LogP contribution in [0.4, 0.5) is 5.69 Å². The van der Waals surface area contributed by atoms with Crippen molar-refractivity contribution in [1.29, 1.82) is 0 Å². The topological polar surface area (TPSA) is 138 Å². The molecule has 2 aliphatic heterocycles. The molecule has 2 atom stereocenters. The number of amides is 1. The van der Waals surface area contributed by atoms with Gasteiger partial charge in [0.2, 0.25) is 5.91 Å². The molecule has 0 bridgehead atoms. The molecule has 250 valence electrons. The Labute approximate surface area is 286 Å². The molecule has 48 heavy (non-hydrogen) atoms. The number of benzene rings is 3. The Kier molecular flexibility index (Phi) is 11.2. The highest BCUT2D eigenvalue weighted by Crippen LogP contribution is 2.33. The third-order valence-electron chi connectivity index (χ3n) is 9.99. The van der Waals surface area contributed by atoms with Crippen LogP contribution < -0.4 is 16.4 Å². The summed E-state index contributed by atoms with van der Waals surface area (Å²) in [5.74, 6) is 0.937. The Morgan fingerprint density at radius 1 is 0.917 bits per heavy atom. The van der Waals surface area contributed by atoms with Gasteiger partial charge < -0.3 is 16.4 Å². The second-order valence-electron chi connectivity index (χ2n) is 13.3. The number of hydrogen-bond donors (Lipinski definition) is 3. The summed E-state index contributed by atoms with van der Waals surface area (Å²) >= 11 is 6.68. The molecule has 2 heterocycles. The number of rotatable bonds is 13. The summed E-state index contributed by atoms with van der Waals surface area (Å²) in [4.78, 5) is 44.3. The molecule has 1 saturated heterocycles. The van der Waals surface area contributed by atoms with E-state index in [2.05, 4.69) is 25.9 Å². The van der Waals surface area contributed by atoms with Gasteiger partial charge in [-0.2, -0.15) is 5.11 Å². The number of hydrogen-bond acceptors (Lipinski definition) is 8. The van der Waals surface area contributed by atoms with E-state index in [1.807, 2.05) is 60.7 Å². The molecule has 0 aromatic heterocycles. The zero-order valence-corrected chi connectivity index (χ0v) is 27.9. The second kappa shape index (κ2) is 15.9. The third-order valence-corrected chi connectivity index (χ3v) is 10.3. The highest BCUT2D eigenvalue weighted by atomic mass is 35.5. The maximum atomic E-state index is 13.7.